The zero-order valence-electron chi connectivity index (χ0n) is 37.4. The number of hydrogen-bond donors (Lipinski definition) is 0. The van der Waals surface area contributed by atoms with Gasteiger partial charge in [0, 0.05) is 19.3 Å². The summed E-state index contributed by atoms with van der Waals surface area (Å²) in [5.41, 5.74) is 0. The minimum atomic E-state index is -0.839. The Hall–Kier alpha value is -4.97. The smallest absolute Gasteiger partial charge is 0.306 e. The van der Waals surface area contributed by atoms with Crippen molar-refractivity contribution >= 4 is 17.9 Å². The molecule has 0 radical (unpaired) electrons. The fourth-order valence-electron chi connectivity index (χ4n) is 5.20. The van der Waals surface area contributed by atoms with Crippen molar-refractivity contribution in [2.24, 2.45) is 0 Å². The van der Waals surface area contributed by atoms with Gasteiger partial charge >= 0.3 is 17.9 Å². The van der Waals surface area contributed by atoms with Crippen molar-refractivity contribution in [2.45, 2.75) is 149 Å². The Morgan fingerprint density at radius 2 is 0.683 bits per heavy atom. The first-order valence-corrected chi connectivity index (χ1v) is 22.6. The van der Waals surface area contributed by atoms with E-state index in [1.165, 1.54) is 0 Å². The summed E-state index contributed by atoms with van der Waals surface area (Å²) in [6.07, 6.45) is 68.0. The summed E-state index contributed by atoms with van der Waals surface area (Å²) >= 11 is 0. The van der Waals surface area contributed by atoms with Crippen molar-refractivity contribution in [3.05, 3.63) is 158 Å². The molecule has 0 heterocycles. The van der Waals surface area contributed by atoms with Crippen LogP contribution < -0.4 is 0 Å². The minimum absolute atomic E-state index is 0.137. The highest BCUT2D eigenvalue weighted by atomic mass is 16.6. The third kappa shape index (κ3) is 44.1. The average molecular weight is 823 g/mol. The lowest BCUT2D eigenvalue weighted by Crippen LogP contribution is -2.30. The van der Waals surface area contributed by atoms with E-state index in [0.29, 0.717) is 19.3 Å². The van der Waals surface area contributed by atoms with Gasteiger partial charge in [0.25, 0.3) is 0 Å². The molecule has 0 aliphatic carbocycles. The first kappa shape index (κ1) is 55.0. The van der Waals surface area contributed by atoms with E-state index < -0.39 is 6.10 Å². The highest BCUT2D eigenvalue weighted by Crippen LogP contribution is 2.10. The molecule has 0 saturated heterocycles. The highest BCUT2D eigenvalue weighted by molar-refractivity contribution is 5.71. The second kappa shape index (κ2) is 46.7. The van der Waals surface area contributed by atoms with Gasteiger partial charge in [-0.2, -0.15) is 0 Å². The van der Waals surface area contributed by atoms with E-state index in [-0.39, 0.29) is 50.4 Å². The summed E-state index contributed by atoms with van der Waals surface area (Å²) in [5.74, 6) is -1.08. The van der Waals surface area contributed by atoms with Crippen LogP contribution in [0.2, 0.25) is 0 Å². The first-order chi connectivity index (χ1) is 29.5. The van der Waals surface area contributed by atoms with E-state index in [1.807, 2.05) is 97.2 Å². The van der Waals surface area contributed by atoms with Crippen LogP contribution in [-0.2, 0) is 28.6 Å². The Bertz CT molecular complexity index is 1460. The molecule has 0 amide bonds. The van der Waals surface area contributed by atoms with Gasteiger partial charge in [0.2, 0.25) is 0 Å². The zero-order valence-corrected chi connectivity index (χ0v) is 37.4. The van der Waals surface area contributed by atoms with Crippen LogP contribution in [0, 0.1) is 0 Å². The second-order valence-electron chi connectivity index (χ2n) is 14.1. The van der Waals surface area contributed by atoms with Crippen molar-refractivity contribution in [3.8, 4) is 0 Å². The molecule has 0 rings (SSSR count). The van der Waals surface area contributed by atoms with Crippen LogP contribution in [-0.4, -0.2) is 37.2 Å². The van der Waals surface area contributed by atoms with Crippen LogP contribution in [0.3, 0.4) is 0 Å². The predicted molar refractivity (Wildman–Crippen MR) is 255 cm³/mol. The number of carbonyl (C=O) groups is 3. The molecular weight excluding hydrogens is 745 g/mol. The lowest BCUT2D eigenvalue weighted by atomic mass is 10.1. The first-order valence-electron chi connectivity index (χ1n) is 22.6. The molecule has 0 aliphatic rings. The maximum absolute atomic E-state index is 12.7. The molecule has 0 aromatic carbocycles. The number of rotatable bonds is 37. The van der Waals surface area contributed by atoms with Crippen LogP contribution in [0.4, 0.5) is 0 Å². The molecule has 6 heteroatoms. The number of allylic oxidation sites excluding steroid dienone is 26. The minimum Gasteiger partial charge on any atom is -0.462 e. The summed E-state index contributed by atoms with van der Waals surface area (Å²) in [6, 6.07) is 0. The molecule has 0 aromatic heterocycles. The third-order valence-electron chi connectivity index (χ3n) is 8.51. The van der Waals surface area contributed by atoms with Crippen LogP contribution in [0.5, 0.6) is 0 Å². The molecule has 0 aliphatic heterocycles. The van der Waals surface area contributed by atoms with E-state index in [2.05, 4.69) is 81.5 Å². The maximum atomic E-state index is 12.7. The topological polar surface area (TPSA) is 78.9 Å². The third-order valence-corrected chi connectivity index (χ3v) is 8.51. The molecule has 0 aromatic rings. The van der Waals surface area contributed by atoms with Crippen LogP contribution in [0.25, 0.3) is 0 Å². The van der Waals surface area contributed by atoms with Crippen molar-refractivity contribution in [3.63, 3.8) is 0 Å². The number of hydrogen-bond acceptors (Lipinski definition) is 6. The zero-order chi connectivity index (χ0) is 43.7. The average Bonchev–Trinajstić information content (AvgIpc) is 3.24. The summed E-state index contributed by atoms with van der Waals surface area (Å²) in [7, 11) is 0. The summed E-state index contributed by atoms with van der Waals surface area (Å²) in [6.45, 7) is 6.07. The lowest BCUT2D eigenvalue weighted by Gasteiger charge is -2.18. The van der Waals surface area contributed by atoms with Crippen molar-refractivity contribution in [1.82, 2.24) is 0 Å². The molecule has 0 fully saturated rings. The van der Waals surface area contributed by atoms with E-state index in [1.54, 1.807) is 0 Å². The van der Waals surface area contributed by atoms with Crippen molar-refractivity contribution in [2.75, 3.05) is 13.2 Å². The normalized spacial score (nSPS) is 13.6. The lowest BCUT2D eigenvalue weighted by molar-refractivity contribution is -0.167. The van der Waals surface area contributed by atoms with Gasteiger partial charge in [-0.15, -0.1) is 0 Å². The predicted octanol–water partition coefficient (Wildman–Crippen LogP) is 14.7. The Balaban J connectivity index is 4.64. The Morgan fingerprint density at radius 1 is 0.350 bits per heavy atom. The van der Waals surface area contributed by atoms with Crippen molar-refractivity contribution < 1.29 is 28.6 Å². The highest BCUT2D eigenvalue weighted by Gasteiger charge is 2.19. The summed E-state index contributed by atoms with van der Waals surface area (Å²) in [4.78, 5) is 37.8. The standard InChI is InChI=1S/C54H78O6/c1-4-7-10-13-16-19-22-25-26-27-28-30-32-35-38-41-44-47-53(56)59-50-51(49-58-52(55)46-43-40-37-34-31-24-21-18-15-12-9-6-3)60-54(57)48-45-42-39-36-33-29-23-20-17-14-11-8-5-2/h7-14,16-23,25-34,51H,4-6,15,24,35-50H2,1-3H3/b10-7-,11-8-,12-9-,16-13-,17-14-,21-18-,22-19-,23-20-,26-25-,28-27+,32-30-,33-29-,34-31-. The second-order valence-corrected chi connectivity index (χ2v) is 14.1. The van der Waals surface area contributed by atoms with Gasteiger partial charge in [-0.25, -0.2) is 0 Å². The molecule has 0 spiro atoms. The van der Waals surface area contributed by atoms with Gasteiger partial charge in [0.15, 0.2) is 6.10 Å². The van der Waals surface area contributed by atoms with Crippen LogP contribution in [0.1, 0.15) is 143 Å². The number of ether oxygens (including phenoxy) is 3. The molecule has 0 N–H and O–H groups in total. The van der Waals surface area contributed by atoms with Crippen molar-refractivity contribution in [1.29, 1.82) is 0 Å². The van der Waals surface area contributed by atoms with Gasteiger partial charge in [-0.1, -0.05) is 192 Å². The van der Waals surface area contributed by atoms with Gasteiger partial charge < -0.3 is 14.2 Å². The quantitative estimate of drug-likeness (QED) is 0.0204. The fourth-order valence-corrected chi connectivity index (χ4v) is 5.20. The molecule has 6 nitrogen and oxygen atoms in total. The summed E-state index contributed by atoms with van der Waals surface area (Å²) in [5, 5.41) is 0. The van der Waals surface area contributed by atoms with E-state index in [0.717, 1.165) is 83.5 Å². The Labute approximate surface area is 365 Å². The monoisotopic (exact) mass is 823 g/mol. The molecule has 1 unspecified atom stereocenters. The summed E-state index contributed by atoms with van der Waals surface area (Å²) < 4.78 is 16.6. The van der Waals surface area contributed by atoms with E-state index in [4.69, 9.17) is 14.2 Å². The Morgan fingerprint density at radius 3 is 1.13 bits per heavy atom. The SMILES string of the molecule is CC\C=C/C=C\C=C/C=C\C=C\C=C/CCCCCC(=O)OCC(COC(=O)CCCC/C=C\C/C=C\C/C=C\CC)OC(=O)CCCCC\C=C/C=C\C=C/C=C\CC. The van der Waals surface area contributed by atoms with E-state index in [9.17, 15) is 14.4 Å². The van der Waals surface area contributed by atoms with Gasteiger partial charge in [0.05, 0.1) is 0 Å². The van der Waals surface area contributed by atoms with Gasteiger partial charge in [-0.05, 0) is 89.9 Å². The molecule has 1 atom stereocenters. The Kier molecular flexibility index (Phi) is 42.8. The van der Waals surface area contributed by atoms with Gasteiger partial charge in [-0.3, -0.25) is 14.4 Å². The molecular formula is C54H78O6. The van der Waals surface area contributed by atoms with E-state index >= 15 is 0 Å². The molecule has 330 valence electrons. The molecule has 60 heavy (non-hydrogen) atoms. The number of unbranched alkanes of at least 4 members (excludes halogenated alkanes) is 8. The van der Waals surface area contributed by atoms with Gasteiger partial charge in [0.1, 0.15) is 13.2 Å². The van der Waals surface area contributed by atoms with Crippen LogP contribution in [0.15, 0.2) is 158 Å². The number of carbonyl (C=O) groups excluding carboxylic acids is 3. The largest absolute Gasteiger partial charge is 0.462 e. The fraction of sp³-hybridized carbons (Fsp3) is 0.463. The number of esters is 3. The molecule has 0 saturated carbocycles. The molecule has 0 bridgehead atoms. The van der Waals surface area contributed by atoms with Crippen LogP contribution >= 0.6 is 0 Å². The maximum Gasteiger partial charge on any atom is 0.306 e.